The third-order valence-corrected chi connectivity index (χ3v) is 8.27. The van der Waals surface area contributed by atoms with Crippen LogP contribution in [0.5, 0.6) is 0 Å². The zero-order valence-electron chi connectivity index (χ0n) is 14.2. The average molecular weight is 469 g/mol. The maximum absolute atomic E-state index is 13.1. The number of hydrogen-bond donors (Lipinski definition) is 2. The summed E-state index contributed by atoms with van der Waals surface area (Å²) in [5.41, 5.74) is 3.79. The predicted octanol–water partition coefficient (Wildman–Crippen LogP) is 1.48. The van der Waals surface area contributed by atoms with Gasteiger partial charge in [-0.05, 0) is 25.0 Å². The number of nitrogens with zero attached hydrogens (tertiary/aromatic N) is 2. The number of rotatable bonds is 5. The van der Waals surface area contributed by atoms with Crippen LogP contribution in [-0.2, 0) is 19.4 Å². The Morgan fingerprint density at radius 2 is 1.89 bits per heavy atom. The first-order valence-corrected chi connectivity index (χ1v) is 10.2. The molecule has 1 aliphatic heterocycles. The van der Waals surface area contributed by atoms with Crippen LogP contribution in [0.2, 0.25) is 10.0 Å². The highest BCUT2D eigenvalue weighted by Crippen LogP contribution is 2.51. The van der Waals surface area contributed by atoms with Gasteiger partial charge in [0.15, 0.2) is 15.3 Å². The van der Waals surface area contributed by atoms with E-state index in [4.69, 9.17) is 28.9 Å². The smallest absolute Gasteiger partial charge is 0.320 e. The lowest BCUT2D eigenvalue weighted by Crippen LogP contribution is -2.42. The van der Waals surface area contributed by atoms with Gasteiger partial charge in [0, 0.05) is 12.6 Å². The van der Waals surface area contributed by atoms with Gasteiger partial charge in [-0.3, -0.25) is 14.5 Å². The van der Waals surface area contributed by atoms with Crippen molar-refractivity contribution in [1.29, 1.82) is 5.26 Å². The summed E-state index contributed by atoms with van der Waals surface area (Å²) in [6.45, 7) is -0.164. The molecule has 0 spiro atoms. The number of nitrogens with two attached hydrogens (primary N) is 1. The van der Waals surface area contributed by atoms with Crippen molar-refractivity contribution in [3.63, 3.8) is 0 Å². The van der Waals surface area contributed by atoms with Crippen molar-refractivity contribution in [3.05, 3.63) is 28.2 Å². The van der Waals surface area contributed by atoms with E-state index in [1.165, 1.54) is 23.1 Å². The summed E-state index contributed by atoms with van der Waals surface area (Å²) in [5.74, 6) is -2.08. The lowest BCUT2D eigenvalue weighted by Gasteiger charge is -2.22. The Balaban J connectivity index is 0.00000280. The van der Waals surface area contributed by atoms with Crippen LogP contribution in [-0.4, -0.2) is 54.2 Å². The van der Waals surface area contributed by atoms with E-state index in [1.807, 2.05) is 6.07 Å². The molecule has 1 heterocycles. The lowest BCUT2D eigenvalue weighted by molar-refractivity contribution is -0.142. The predicted molar refractivity (Wildman–Crippen MR) is 103 cm³/mol. The fraction of sp³-hybridized carbons (Fsp3) is 0.438. The molecule has 1 saturated heterocycles. The second kappa shape index (κ2) is 7.69. The molecule has 0 radical (unpaired) electrons. The molecule has 1 aromatic rings. The summed E-state index contributed by atoms with van der Waals surface area (Å²) >= 11 is 12.0. The molecule has 2 aliphatic rings. The minimum Gasteiger partial charge on any atom is -0.480 e. The Bertz CT molecular complexity index is 960. The van der Waals surface area contributed by atoms with Crippen molar-refractivity contribution >= 4 is 57.3 Å². The summed E-state index contributed by atoms with van der Waals surface area (Å²) in [6, 6.07) is 4.22. The van der Waals surface area contributed by atoms with Crippen molar-refractivity contribution < 1.29 is 23.1 Å². The molecule has 1 aromatic carbocycles. The zero-order valence-corrected chi connectivity index (χ0v) is 17.4. The highest BCUT2D eigenvalue weighted by molar-refractivity contribution is 7.92. The normalized spacial score (nSPS) is 29.5. The summed E-state index contributed by atoms with van der Waals surface area (Å²) < 4.78 is 26.1. The minimum absolute atomic E-state index is 0. The van der Waals surface area contributed by atoms with E-state index in [-0.39, 0.29) is 46.7 Å². The van der Waals surface area contributed by atoms with E-state index in [2.05, 4.69) is 0 Å². The van der Waals surface area contributed by atoms with Gasteiger partial charge in [-0.1, -0.05) is 29.3 Å². The van der Waals surface area contributed by atoms with Crippen LogP contribution >= 0.6 is 35.6 Å². The monoisotopic (exact) mass is 467 g/mol. The van der Waals surface area contributed by atoms with E-state index < -0.39 is 44.5 Å². The van der Waals surface area contributed by atoms with Crippen LogP contribution in [0, 0.1) is 16.7 Å². The molecule has 0 bridgehead atoms. The van der Waals surface area contributed by atoms with Gasteiger partial charge in [-0.2, -0.15) is 5.26 Å². The third-order valence-electron chi connectivity index (χ3n) is 5.19. The molecule has 3 N–H and O–H groups in total. The number of benzene rings is 1. The molecule has 8 nitrogen and oxygen atoms in total. The largest absolute Gasteiger partial charge is 0.480 e. The van der Waals surface area contributed by atoms with E-state index in [0.29, 0.717) is 0 Å². The number of primary amides is 1. The second-order valence-corrected chi connectivity index (χ2v) is 9.65. The van der Waals surface area contributed by atoms with Crippen molar-refractivity contribution in [2.75, 3.05) is 6.54 Å². The highest BCUT2D eigenvalue weighted by Gasteiger charge is 2.66. The van der Waals surface area contributed by atoms with Crippen LogP contribution in [0.1, 0.15) is 12.8 Å². The van der Waals surface area contributed by atoms with Gasteiger partial charge < -0.3 is 10.8 Å². The number of nitriles is 1. The Hall–Kier alpha value is -1.57. The van der Waals surface area contributed by atoms with Crippen LogP contribution in [0.3, 0.4) is 0 Å². The number of hydrogen-bond acceptors (Lipinski definition) is 6. The van der Waals surface area contributed by atoms with Crippen LogP contribution in [0.25, 0.3) is 0 Å². The molecule has 1 saturated carbocycles. The minimum atomic E-state index is -4.04. The third kappa shape index (κ3) is 3.44. The molecule has 28 heavy (non-hydrogen) atoms. The molecule has 1 aliphatic carbocycles. The van der Waals surface area contributed by atoms with Gasteiger partial charge in [-0.25, -0.2) is 8.42 Å². The quantitative estimate of drug-likeness (QED) is 0.666. The van der Waals surface area contributed by atoms with Crippen LogP contribution in [0.4, 0.5) is 0 Å². The average Bonchev–Trinajstić information content (AvgIpc) is 3.15. The molecule has 1 amide bonds. The van der Waals surface area contributed by atoms with Crippen LogP contribution < -0.4 is 5.73 Å². The molecule has 2 fully saturated rings. The van der Waals surface area contributed by atoms with Crippen LogP contribution in [0.15, 0.2) is 23.1 Å². The van der Waals surface area contributed by atoms with Gasteiger partial charge in [0.25, 0.3) is 0 Å². The number of aliphatic carboxylic acids is 1. The van der Waals surface area contributed by atoms with Crippen molar-refractivity contribution in [2.24, 2.45) is 11.1 Å². The molecule has 3 rings (SSSR count). The lowest BCUT2D eigenvalue weighted by atomic mass is 10.1. The number of halogens is 3. The molecular formula is C16H16Cl3N3O5S. The Morgan fingerprint density at radius 1 is 1.32 bits per heavy atom. The van der Waals surface area contributed by atoms with Gasteiger partial charge >= 0.3 is 5.97 Å². The van der Waals surface area contributed by atoms with Gasteiger partial charge in [0.2, 0.25) is 5.91 Å². The molecule has 0 aromatic heterocycles. The number of carboxylic acid groups (broad SMARTS) is 1. The van der Waals surface area contributed by atoms with Gasteiger partial charge in [-0.15, -0.1) is 12.4 Å². The number of sulfone groups is 1. The first kappa shape index (κ1) is 22.7. The van der Waals surface area contributed by atoms with Gasteiger partial charge in [0.1, 0.15) is 10.9 Å². The number of carboxylic acids is 1. The van der Waals surface area contributed by atoms with Crippen molar-refractivity contribution in [2.45, 2.75) is 35.1 Å². The number of carbonyl (C=O) groups excluding carboxylic acids is 1. The van der Waals surface area contributed by atoms with E-state index in [0.717, 1.165) is 0 Å². The van der Waals surface area contributed by atoms with Gasteiger partial charge in [0.05, 0.1) is 21.4 Å². The highest BCUT2D eigenvalue weighted by atomic mass is 35.5. The standard InChI is InChI=1S/C16H15Cl2N3O5S.ClH/c17-9-2-1-3-10(18)13(9)27(25,26)8-4-11(14(22)23)21(6-8)12-5-16(12,7-19)15(20)24;/h1-3,8,11-12H,4-6H2,(H2,20,24)(H,22,23);1H/t8-,11+,12?,16?;/m1./s1. The SMILES string of the molecule is Cl.N#CC1(C(N)=O)CC1N1C[C@H](S(=O)(=O)c2c(Cl)cccc2Cl)C[C@H]1C(=O)O. The number of carbonyl (C=O) groups is 2. The molecule has 152 valence electrons. The summed E-state index contributed by atoms with van der Waals surface area (Å²) in [4.78, 5) is 24.4. The van der Waals surface area contributed by atoms with Crippen molar-refractivity contribution in [1.82, 2.24) is 4.90 Å². The van der Waals surface area contributed by atoms with E-state index >= 15 is 0 Å². The zero-order chi connectivity index (χ0) is 20.1. The topological polar surface area (TPSA) is 142 Å². The maximum Gasteiger partial charge on any atom is 0.320 e. The second-order valence-electron chi connectivity index (χ2n) is 6.67. The molecular weight excluding hydrogens is 453 g/mol. The summed E-state index contributed by atoms with van der Waals surface area (Å²) in [5, 5.41) is 17.6. The first-order chi connectivity index (χ1) is 12.6. The number of likely N-dealkylation sites (tertiary alicyclic amines) is 1. The molecule has 4 atom stereocenters. The summed E-state index contributed by atoms with van der Waals surface area (Å²) in [6.07, 6.45) is -0.141. The van der Waals surface area contributed by atoms with E-state index in [9.17, 15) is 28.4 Å². The Morgan fingerprint density at radius 3 is 2.32 bits per heavy atom. The molecule has 12 heteroatoms. The van der Waals surface area contributed by atoms with Crippen molar-refractivity contribution in [3.8, 4) is 6.07 Å². The Labute approximate surface area is 177 Å². The van der Waals surface area contributed by atoms with E-state index in [1.54, 1.807) is 0 Å². The summed E-state index contributed by atoms with van der Waals surface area (Å²) in [7, 11) is -4.04. The first-order valence-electron chi connectivity index (χ1n) is 7.94. The Kier molecular flexibility index (Phi) is 6.24. The fourth-order valence-corrected chi connectivity index (χ4v) is 6.50. The molecule has 2 unspecified atom stereocenters. The maximum atomic E-state index is 13.1. The fourth-order valence-electron chi connectivity index (χ4n) is 3.64. The number of amides is 1.